The first-order valence-electron chi connectivity index (χ1n) is 7.27. The fraction of sp³-hybridized carbons (Fsp3) is 1.00. The average Bonchev–Trinajstić information content (AvgIpc) is 2.25. The van der Waals surface area contributed by atoms with Gasteiger partial charge in [-0.1, -0.05) is 47.5 Å². The van der Waals surface area contributed by atoms with Crippen molar-refractivity contribution in [2.45, 2.75) is 66.3 Å². The van der Waals surface area contributed by atoms with Crippen molar-refractivity contribution in [3.05, 3.63) is 0 Å². The minimum Gasteiger partial charge on any atom is -0.313 e. The minimum absolute atomic E-state index is 0.776. The molecule has 1 rings (SSSR count). The SMILES string of the molecule is CCC(C)CNC1CC(C)CCC1C(C)C. The summed E-state index contributed by atoms with van der Waals surface area (Å²) in [5.74, 6) is 3.48. The summed E-state index contributed by atoms with van der Waals surface area (Å²) in [6.45, 7) is 13.0. The van der Waals surface area contributed by atoms with Crippen molar-refractivity contribution in [1.29, 1.82) is 0 Å². The Balaban J connectivity index is 2.44. The molecule has 0 amide bonds. The maximum absolute atomic E-state index is 3.83. The fourth-order valence-electron chi connectivity index (χ4n) is 2.93. The van der Waals surface area contributed by atoms with Gasteiger partial charge in [-0.05, 0) is 43.1 Å². The summed E-state index contributed by atoms with van der Waals surface area (Å²) in [6.07, 6.45) is 5.54. The molecule has 1 nitrogen and oxygen atoms in total. The summed E-state index contributed by atoms with van der Waals surface area (Å²) in [4.78, 5) is 0. The first-order valence-corrected chi connectivity index (χ1v) is 7.27. The highest BCUT2D eigenvalue weighted by molar-refractivity contribution is 4.85. The molecule has 0 aromatic carbocycles. The van der Waals surface area contributed by atoms with E-state index >= 15 is 0 Å². The Labute approximate surface area is 102 Å². The van der Waals surface area contributed by atoms with Crippen molar-refractivity contribution in [2.75, 3.05) is 6.54 Å². The molecule has 1 fully saturated rings. The van der Waals surface area contributed by atoms with E-state index in [9.17, 15) is 0 Å². The Morgan fingerprint density at radius 2 is 1.88 bits per heavy atom. The second-order valence-corrected chi connectivity index (χ2v) is 6.35. The number of hydrogen-bond acceptors (Lipinski definition) is 1. The van der Waals surface area contributed by atoms with Crippen LogP contribution in [0.1, 0.15) is 60.3 Å². The zero-order valence-corrected chi connectivity index (χ0v) is 11.9. The Morgan fingerprint density at radius 3 is 2.44 bits per heavy atom. The van der Waals surface area contributed by atoms with Gasteiger partial charge in [-0.3, -0.25) is 0 Å². The molecular weight excluding hydrogens is 194 g/mol. The Hall–Kier alpha value is -0.0400. The Morgan fingerprint density at radius 1 is 1.19 bits per heavy atom. The molecule has 0 radical (unpaired) electrons. The maximum atomic E-state index is 3.83. The molecule has 96 valence electrons. The highest BCUT2D eigenvalue weighted by atomic mass is 14.9. The summed E-state index contributed by atoms with van der Waals surface area (Å²) in [6, 6.07) is 0.776. The summed E-state index contributed by atoms with van der Waals surface area (Å²) in [5, 5.41) is 3.83. The molecule has 0 spiro atoms. The van der Waals surface area contributed by atoms with E-state index in [0.29, 0.717) is 0 Å². The van der Waals surface area contributed by atoms with Gasteiger partial charge in [0.2, 0.25) is 0 Å². The fourth-order valence-corrected chi connectivity index (χ4v) is 2.93. The van der Waals surface area contributed by atoms with Crippen LogP contribution < -0.4 is 5.32 Å². The largest absolute Gasteiger partial charge is 0.313 e. The lowest BCUT2D eigenvalue weighted by atomic mass is 9.74. The second kappa shape index (κ2) is 6.64. The number of rotatable bonds is 5. The van der Waals surface area contributed by atoms with E-state index in [-0.39, 0.29) is 0 Å². The van der Waals surface area contributed by atoms with E-state index in [0.717, 1.165) is 29.7 Å². The third-order valence-electron chi connectivity index (χ3n) is 4.45. The van der Waals surface area contributed by atoms with Crippen LogP contribution in [0.4, 0.5) is 0 Å². The molecule has 16 heavy (non-hydrogen) atoms. The quantitative estimate of drug-likeness (QED) is 0.743. The van der Waals surface area contributed by atoms with E-state index < -0.39 is 0 Å². The van der Waals surface area contributed by atoms with Gasteiger partial charge in [0.15, 0.2) is 0 Å². The molecule has 0 aromatic rings. The monoisotopic (exact) mass is 225 g/mol. The number of nitrogens with one attached hydrogen (secondary N) is 1. The van der Waals surface area contributed by atoms with Crippen molar-refractivity contribution in [2.24, 2.45) is 23.7 Å². The van der Waals surface area contributed by atoms with Crippen LogP contribution in [0.5, 0.6) is 0 Å². The first-order chi connectivity index (χ1) is 7.54. The van der Waals surface area contributed by atoms with Crippen molar-refractivity contribution < 1.29 is 0 Å². The molecule has 1 aliphatic carbocycles. The van der Waals surface area contributed by atoms with Crippen LogP contribution in [0.3, 0.4) is 0 Å². The highest BCUT2D eigenvalue weighted by Gasteiger charge is 2.30. The predicted octanol–water partition coefficient (Wildman–Crippen LogP) is 4.08. The van der Waals surface area contributed by atoms with Gasteiger partial charge in [0.05, 0.1) is 0 Å². The zero-order chi connectivity index (χ0) is 12.1. The maximum Gasteiger partial charge on any atom is 0.0100 e. The zero-order valence-electron chi connectivity index (χ0n) is 11.9. The standard InChI is InChI=1S/C15H31N/c1-6-12(4)10-16-15-9-13(5)7-8-14(15)11(2)3/h11-16H,6-10H2,1-5H3. The van der Waals surface area contributed by atoms with Crippen molar-refractivity contribution in [1.82, 2.24) is 5.32 Å². The van der Waals surface area contributed by atoms with Crippen molar-refractivity contribution >= 4 is 0 Å². The molecule has 0 aliphatic heterocycles. The topological polar surface area (TPSA) is 12.0 Å². The average molecular weight is 225 g/mol. The van der Waals surface area contributed by atoms with Gasteiger partial charge in [-0.2, -0.15) is 0 Å². The van der Waals surface area contributed by atoms with Crippen LogP contribution in [-0.2, 0) is 0 Å². The van der Waals surface area contributed by atoms with Gasteiger partial charge in [0.25, 0.3) is 0 Å². The predicted molar refractivity (Wildman–Crippen MR) is 72.6 cm³/mol. The molecule has 0 aromatic heterocycles. The third kappa shape index (κ3) is 4.08. The van der Waals surface area contributed by atoms with Crippen LogP contribution in [-0.4, -0.2) is 12.6 Å². The lowest BCUT2D eigenvalue weighted by Crippen LogP contribution is -2.44. The van der Waals surface area contributed by atoms with Crippen molar-refractivity contribution in [3.63, 3.8) is 0 Å². The molecule has 0 saturated heterocycles. The van der Waals surface area contributed by atoms with Crippen LogP contribution in [0.2, 0.25) is 0 Å². The van der Waals surface area contributed by atoms with Crippen molar-refractivity contribution in [3.8, 4) is 0 Å². The van der Waals surface area contributed by atoms with Gasteiger partial charge in [-0.15, -0.1) is 0 Å². The van der Waals surface area contributed by atoms with Crippen LogP contribution in [0.15, 0.2) is 0 Å². The van der Waals surface area contributed by atoms with Gasteiger partial charge < -0.3 is 5.32 Å². The Bertz CT molecular complexity index is 188. The number of hydrogen-bond donors (Lipinski definition) is 1. The van der Waals surface area contributed by atoms with Gasteiger partial charge in [0, 0.05) is 6.04 Å². The van der Waals surface area contributed by atoms with Crippen LogP contribution in [0.25, 0.3) is 0 Å². The van der Waals surface area contributed by atoms with Gasteiger partial charge in [-0.25, -0.2) is 0 Å². The molecule has 1 aliphatic rings. The van der Waals surface area contributed by atoms with E-state index in [2.05, 4.69) is 39.9 Å². The molecule has 0 heterocycles. The molecule has 1 saturated carbocycles. The van der Waals surface area contributed by atoms with Crippen LogP contribution in [0, 0.1) is 23.7 Å². The summed E-state index contributed by atoms with van der Waals surface area (Å²) >= 11 is 0. The Kier molecular flexibility index (Phi) is 5.82. The first kappa shape index (κ1) is 14.0. The van der Waals surface area contributed by atoms with Gasteiger partial charge >= 0.3 is 0 Å². The summed E-state index contributed by atoms with van der Waals surface area (Å²) in [5.41, 5.74) is 0. The highest BCUT2D eigenvalue weighted by Crippen LogP contribution is 2.33. The molecule has 1 heteroatoms. The summed E-state index contributed by atoms with van der Waals surface area (Å²) in [7, 11) is 0. The lowest BCUT2D eigenvalue weighted by molar-refractivity contribution is 0.166. The third-order valence-corrected chi connectivity index (χ3v) is 4.45. The smallest absolute Gasteiger partial charge is 0.0100 e. The normalized spacial score (nSPS) is 33.0. The van der Waals surface area contributed by atoms with E-state index in [1.54, 1.807) is 0 Å². The molecular formula is C15H31N. The van der Waals surface area contributed by atoms with Gasteiger partial charge in [0.1, 0.15) is 0 Å². The molecule has 1 N–H and O–H groups in total. The van der Waals surface area contributed by atoms with E-state index in [4.69, 9.17) is 0 Å². The van der Waals surface area contributed by atoms with Crippen LogP contribution >= 0.6 is 0 Å². The van der Waals surface area contributed by atoms with E-state index in [1.807, 2.05) is 0 Å². The van der Waals surface area contributed by atoms with E-state index in [1.165, 1.54) is 32.2 Å². The molecule has 4 atom stereocenters. The second-order valence-electron chi connectivity index (χ2n) is 6.35. The molecule has 4 unspecified atom stereocenters. The lowest BCUT2D eigenvalue weighted by Gasteiger charge is -2.38. The summed E-state index contributed by atoms with van der Waals surface area (Å²) < 4.78 is 0. The minimum atomic E-state index is 0.776. The molecule has 0 bridgehead atoms.